The van der Waals surface area contributed by atoms with Gasteiger partial charge in [0, 0.05) is 5.70 Å². The summed E-state index contributed by atoms with van der Waals surface area (Å²) in [4.78, 5) is 25.1. The Kier molecular flexibility index (Phi) is 6.80. The molecule has 0 aliphatic carbocycles. The molecule has 1 saturated heterocycles. The lowest BCUT2D eigenvalue weighted by Gasteiger charge is -2.12. The lowest BCUT2D eigenvalue weighted by Crippen LogP contribution is -2.28. The van der Waals surface area contributed by atoms with Gasteiger partial charge in [-0.1, -0.05) is 56.9 Å². The highest BCUT2D eigenvalue weighted by atomic mass is 16.2. The standard InChI is InChI=1S/C21H26N2O2/c1-8-18-19(22)21(25)23(20(18)24)17(7)12-11-16(6)15(5)10-9-14(4)13(2)3/h8-13,22H,6-7H2,1-5H3/b12-11-,14-9+,15-10+,18-8+,22-19?. The Balaban J connectivity index is 2.90. The maximum atomic E-state index is 12.2. The molecule has 25 heavy (non-hydrogen) atoms. The quantitative estimate of drug-likeness (QED) is 0.440. The lowest BCUT2D eigenvalue weighted by molar-refractivity contribution is -0.133. The molecule has 2 amide bonds. The number of allylic oxidation sites excluding steroid dienone is 8. The molecular formula is C21H26N2O2. The van der Waals surface area contributed by atoms with Crippen LogP contribution in [0.3, 0.4) is 0 Å². The summed E-state index contributed by atoms with van der Waals surface area (Å²) in [5.41, 5.74) is 3.03. The summed E-state index contributed by atoms with van der Waals surface area (Å²) in [6.45, 7) is 17.7. The Morgan fingerprint density at radius 3 is 2.16 bits per heavy atom. The predicted molar refractivity (Wildman–Crippen MR) is 103 cm³/mol. The molecule has 1 rings (SSSR count). The molecule has 1 fully saturated rings. The Morgan fingerprint density at radius 1 is 1.08 bits per heavy atom. The van der Waals surface area contributed by atoms with E-state index in [0.29, 0.717) is 5.92 Å². The van der Waals surface area contributed by atoms with Crippen LogP contribution in [0.25, 0.3) is 0 Å². The van der Waals surface area contributed by atoms with E-state index in [9.17, 15) is 9.59 Å². The van der Waals surface area contributed by atoms with Gasteiger partial charge >= 0.3 is 0 Å². The number of hydrogen-bond acceptors (Lipinski definition) is 3. The summed E-state index contributed by atoms with van der Waals surface area (Å²) in [5, 5.41) is 7.70. The van der Waals surface area contributed by atoms with Crippen molar-refractivity contribution in [3.63, 3.8) is 0 Å². The Labute approximate surface area is 150 Å². The van der Waals surface area contributed by atoms with Gasteiger partial charge in [-0.25, -0.2) is 4.90 Å². The van der Waals surface area contributed by atoms with Crippen LogP contribution >= 0.6 is 0 Å². The number of imide groups is 1. The van der Waals surface area contributed by atoms with Gasteiger partial charge in [-0.3, -0.25) is 15.0 Å². The minimum Gasteiger partial charge on any atom is -0.295 e. The first-order valence-electron chi connectivity index (χ1n) is 8.17. The summed E-state index contributed by atoms with van der Waals surface area (Å²) < 4.78 is 0. The van der Waals surface area contributed by atoms with E-state index in [1.165, 1.54) is 11.6 Å². The third-order valence-electron chi connectivity index (χ3n) is 4.19. The fraction of sp³-hybridized carbons (Fsp3) is 0.286. The molecule has 0 spiro atoms. The van der Waals surface area contributed by atoms with E-state index in [-0.39, 0.29) is 17.0 Å². The van der Waals surface area contributed by atoms with Gasteiger partial charge in [-0.2, -0.15) is 0 Å². The number of amides is 2. The number of rotatable bonds is 6. The average Bonchev–Trinajstić information content (AvgIpc) is 2.78. The van der Waals surface area contributed by atoms with Crippen LogP contribution in [0.5, 0.6) is 0 Å². The van der Waals surface area contributed by atoms with E-state index in [1.54, 1.807) is 19.1 Å². The third-order valence-corrected chi connectivity index (χ3v) is 4.19. The summed E-state index contributed by atoms with van der Waals surface area (Å²) in [5.74, 6) is -0.683. The van der Waals surface area contributed by atoms with Gasteiger partial charge in [0.15, 0.2) is 0 Å². The highest BCUT2D eigenvalue weighted by molar-refractivity contribution is 6.58. The predicted octanol–water partition coefficient (Wildman–Crippen LogP) is 4.50. The molecule has 0 aromatic carbocycles. The van der Waals surface area contributed by atoms with Crippen LogP contribution in [0.4, 0.5) is 0 Å². The lowest BCUT2D eigenvalue weighted by atomic mass is 10.0. The smallest absolute Gasteiger partial charge is 0.284 e. The van der Waals surface area contributed by atoms with Gasteiger partial charge < -0.3 is 0 Å². The van der Waals surface area contributed by atoms with Crippen molar-refractivity contribution in [1.82, 2.24) is 4.90 Å². The van der Waals surface area contributed by atoms with E-state index >= 15 is 0 Å². The minimum absolute atomic E-state index is 0.101. The molecule has 0 aromatic heterocycles. The van der Waals surface area contributed by atoms with Crippen LogP contribution in [0.1, 0.15) is 34.6 Å². The highest BCUT2D eigenvalue weighted by Crippen LogP contribution is 2.21. The second-order valence-electron chi connectivity index (χ2n) is 6.29. The van der Waals surface area contributed by atoms with Crippen molar-refractivity contribution in [2.45, 2.75) is 34.6 Å². The fourth-order valence-electron chi connectivity index (χ4n) is 2.03. The van der Waals surface area contributed by atoms with Crippen molar-refractivity contribution in [3.05, 3.63) is 71.5 Å². The zero-order chi connectivity index (χ0) is 19.3. The number of hydrogen-bond donors (Lipinski definition) is 1. The molecule has 0 bridgehead atoms. The van der Waals surface area contributed by atoms with Crippen molar-refractivity contribution in [3.8, 4) is 0 Å². The Hall–Kier alpha value is -2.75. The summed E-state index contributed by atoms with van der Waals surface area (Å²) >= 11 is 0. The largest absolute Gasteiger partial charge is 0.295 e. The van der Waals surface area contributed by atoms with Crippen molar-refractivity contribution in [2.24, 2.45) is 5.92 Å². The van der Waals surface area contributed by atoms with Crippen LogP contribution in [0.2, 0.25) is 0 Å². The molecule has 1 aliphatic rings. The number of nitrogens with zero attached hydrogens (tertiary/aromatic N) is 1. The minimum atomic E-state index is -0.652. The molecule has 132 valence electrons. The van der Waals surface area contributed by atoms with Gasteiger partial charge in [0.05, 0.1) is 5.57 Å². The van der Waals surface area contributed by atoms with E-state index in [4.69, 9.17) is 5.41 Å². The van der Waals surface area contributed by atoms with Crippen molar-refractivity contribution >= 4 is 17.5 Å². The van der Waals surface area contributed by atoms with Gasteiger partial charge in [-0.15, -0.1) is 0 Å². The molecule has 0 unspecified atom stereocenters. The molecule has 0 atom stereocenters. The maximum Gasteiger partial charge on any atom is 0.284 e. The van der Waals surface area contributed by atoms with Crippen LogP contribution in [-0.4, -0.2) is 22.4 Å². The maximum absolute atomic E-state index is 12.2. The Bertz CT molecular complexity index is 759. The Morgan fingerprint density at radius 2 is 1.68 bits per heavy atom. The second kappa shape index (κ2) is 8.38. The highest BCUT2D eigenvalue weighted by Gasteiger charge is 2.39. The van der Waals surface area contributed by atoms with Crippen molar-refractivity contribution in [1.29, 1.82) is 5.41 Å². The molecule has 0 aromatic rings. The second-order valence-corrected chi connectivity index (χ2v) is 6.29. The summed E-state index contributed by atoms with van der Waals surface area (Å²) in [7, 11) is 0. The number of carbonyl (C=O) groups is 2. The average molecular weight is 338 g/mol. The van der Waals surface area contributed by atoms with Crippen molar-refractivity contribution < 1.29 is 9.59 Å². The third kappa shape index (κ3) is 4.63. The molecule has 1 aliphatic heterocycles. The van der Waals surface area contributed by atoms with Crippen molar-refractivity contribution in [2.75, 3.05) is 0 Å². The topological polar surface area (TPSA) is 61.2 Å². The molecule has 1 N–H and O–H groups in total. The molecular weight excluding hydrogens is 312 g/mol. The molecule has 4 heteroatoms. The molecule has 0 radical (unpaired) electrons. The zero-order valence-electron chi connectivity index (χ0n) is 15.6. The van der Waals surface area contributed by atoms with Crippen LogP contribution in [0, 0.1) is 11.3 Å². The zero-order valence-corrected chi connectivity index (χ0v) is 15.6. The summed E-state index contributed by atoms with van der Waals surface area (Å²) in [6, 6.07) is 0. The van der Waals surface area contributed by atoms with Gasteiger partial charge in [0.25, 0.3) is 11.8 Å². The van der Waals surface area contributed by atoms with Crippen LogP contribution in [0.15, 0.2) is 71.5 Å². The first-order valence-corrected chi connectivity index (χ1v) is 8.17. The van der Waals surface area contributed by atoms with Gasteiger partial charge in [0.2, 0.25) is 0 Å². The van der Waals surface area contributed by atoms with E-state index < -0.39 is 11.8 Å². The first-order chi connectivity index (χ1) is 11.6. The number of nitrogens with one attached hydrogen (secondary N) is 1. The molecule has 0 saturated carbocycles. The fourth-order valence-corrected chi connectivity index (χ4v) is 2.03. The monoisotopic (exact) mass is 338 g/mol. The normalized spacial score (nSPS) is 18.2. The van der Waals surface area contributed by atoms with Gasteiger partial charge in [0.1, 0.15) is 5.71 Å². The van der Waals surface area contributed by atoms with E-state index in [1.807, 2.05) is 13.0 Å². The SMILES string of the molecule is C=C(/C=C\C(=C)N1C(=O)C(=N)/C(=C\C)C1=O)/C(C)=C/C=C(\C)C(C)C. The number of carbonyl (C=O) groups excluding carboxylic acids is 2. The van der Waals surface area contributed by atoms with E-state index in [2.05, 4.69) is 40.0 Å². The molecule has 1 heterocycles. The van der Waals surface area contributed by atoms with Gasteiger partial charge in [-0.05, 0) is 43.9 Å². The van der Waals surface area contributed by atoms with Crippen LogP contribution in [-0.2, 0) is 9.59 Å². The summed E-state index contributed by atoms with van der Waals surface area (Å²) in [6.07, 6.45) is 8.80. The number of likely N-dealkylation sites (tertiary alicyclic amines) is 1. The van der Waals surface area contributed by atoms with E-state index in [0.717, 1.165) is 16.0 Å². The first kappa shape index (κ1) is 20.3. The molecule has 4 nitrogen and oxygen atoms in total. The van der Waals surface area contributed by atoms with Crippen LogP contribution < -0.4 is 0 Å².